The largest absolute Gasteiger partial charge is 0.389 e. The van der Waals surface area contributed by atoms with E-state index in [-0.39, 0.29) is 5.92 Å². The lowest BCUT2D eigenvalue weighted by molar-refractivity contribution is -0.0116. The fraction of sp³-hybridized carbons (Fsp3) is 0.333. The van der Waals surface area contributed by atoms with E-state index in [4.69, 9.17) is 0 Å². The number of benzene rings is 3. The second kappa shape index (κ2) is 10.4. The Morgan fingerprint density at radius 2 is 1.10 bits per heavy atom. The second-order valence-corrected chi connectivity index (χ2v) is 8.33. The first-order valence-electron chi connectivity index (χ1n) is 10.6. The van der Waals surface area contributed by atoms with Gasteiger partial charge in [-0.1, -0.05) is 97.9 Å². The smallest absolute Gasteiger partial charge is 0.0765 e. The first-order chi connectivity index (χ1) is 14.0. The predicted molar refractivity (Wildman–Crippen MR) is 122 cm³/mol. The van der Waals surface area contributed by atoms with Crippen molar-refractivity contribution in [3.8, 4) is 0 Å². The van der Waals surface area contributed by atoms with Crippen LogP contribution in [0.5, 0.6) is 0 Å². The van der Waals surface area contributed by atoms with Gasteiger partial charge in [0.25, 0.3) is 0 Å². The Kier molecular flexibility index (Phi) is 7.62. The lowest BCUT2D eigenvalue weighted by Gasteiger charge is -2.36. The first-order valence-corrected chi connectivity index (χ1v) is 10.6. The Morgan fingerprint density at radius 3 is 1.55 bits per heavy atom. The predicted octanol–water partition coefficient (Wildman–Crippen LogP) is 5.06. The number of aliphatic hydroxyl groups is 1. The molecule has 0 spiro atoms. The number of nitrogens with one attached hydrogen (secondary N) is 1. The minimum Gasteiger partial charge on any atom is -0.389 e. The summed E-state index contributed by atoms with van der Waals surface area (Å²) in [5.74, 6) is 0.112. The number of hydrogen-bond donors (Lipinski definition) is 2. The minimum atomic E-state index is -0.803. The zero-order chi connectivity index (χ0) is 20.5. The van der Waals surface area contributed by atoms with Gasteiger partial charge in [0.15, 0.2) is 0 Å². The van der Waals surface area contributed by atoms with E-state index in [1.807, 2.05) is 36.4 Å². The van der Waals surface area contributed by atoms with Gasteiger partial charge < -0.3 is 10.4 Å². The van der Waals surface area contributed by atoms with Crippen LogP contribution in [0, 0.1) is 5.92 Å². The maximum absolute atomic E-state index is 11.7. The fourth-order valence-corrected chi connectivity index (χ4v) is 3.92. The van der Waals surface area contributed by atoms with Crippen molar-refractivity contribution in [2.24, 2.45) is 5.92 Å². The van der Waals surface area contributed by atoms with Crippen LogP contribution in [0.1, 0.15) is 30.5 Å². The molecular weight excluding hydrogens is 354 g/mol. The van der Waals surface area contributed by atoms with E-state index < -0.39 is 5.60 Å². The molecule has 0 aromatic heterocycles. The molecule has 0 heterocycles. The minimum absolute atomic E-state index is 0.112. The van der Waals surface area contributed by atoms with Crippen LogP contribution in [0.15, 0.2) is 91.0 Å². The van der Waals surface area contributed by atoms with Crippen LogP contribution in [0.25, 0.3) is 0 Å². The normalized spacial score (nSPS) is 13.8. The summed E-state index contributed by atoms with van der Waals surface area (Å²) in [7, 11) is 0. The second-order valence-electron chi connectivity index (χ2n) is 8.33. The number of rotatable bonds is 10. The van der Waals surface area contributed by atoms with Crippen LogP contribution < -0.4 is 5.32 Å². The molecule has 0 aliphatic heterocycles. The molecule has 152 valence electrons. The molecule has 0 fully saturated rings. The highest BCUT2D eigenvalue weighted by Crippen LogP contribution is 2.27. The fourth-order valence-electron chi connectivity index (χ4n) is 3.92. The molecule has 0 radical (unpaired) electrons. The third-order valence-electron chi connectivity index (χ3n) is 5.78. The van der Waals surface area contributed by atoms with Gasteiger partial charge in [0.2, 0.25) is 0 Å². The molecule has 0 amide bonds. The summed E-state index contributed by atoms with van der Waals surface area (Å²) in [6.45, 7) is 5.16. The van der Waals surface area contributed by atoms with E-state index in [1.54, 1.807) is 0 Å². The Balaban J connectivity index is 1.67. The topological polar surface area (TPSA) is 32.3 Å². The molecule has 0 aliphatic carbocycles. The van der Waals surface area contributed by atoms with E-state index in [2.05, 4.69) is 73.8 Å². The zero-order valence-electron chi connectivity index (χ0n) is 17.6. The Morgan fingerprint density at radius 1 is 0.690 bits per heavy atom. The van der Waals surface area contributed by atoms with E-state index in [1.165, 1.54) is 16.7 Å². The van der Waals surface area contributed by atoms with Crippen LogP contribution in [-0.4, -0.2) is 23.3 Å². The molecule has 2 unspecified atom stereocenters. The Hall–Kier alpha value is -2.42. The molecule has 3 rings (SSSR count). The molecule has 3 aromatic rings. The molecule has 2 heteroatoms. The SMILES string of the molecule is CC(Cc1ccccc1)NCC(C)C(O)(Cc1ccccc1)Cc1ccccc1. The Labute approximate surface area is 175 Å². The van der Waals surface area contributed by atoms with Gasteiger partial charge in [-0.25, -0.2) is 0 Å². The van der Waals surface area contributed by atoms with Gasteiger partial charge in [0.1, 0.15) is 0 Å². The molecule has 0 bridgehead atoms. The van der Waals surface area contributed by atoms with Crippen LogP contribution in [0.2, 0.25) is 0 Å². The highest BCUT2D eigenvalue weighted by Gasteiger charge is 2.34. The average Bonchev–Trinajstić information content (AvgIpc) is 2.74. The molecule has 2 nitrogen and oxygen atoms in total. The summed E-state index contributed by atoms with van der Waals surface area (Å²) in [5.41, 5.74) is 2.89. The maximum atomic E-state index is 11.7. The quantitative estimate of drug-likeness (QED) is 0.510. The summed E-state index contributed by atoms with van der Waals surface area (Å²) in [4.78, 5) is 0. The average molecular weight is 388 g/mol. The van der Waals surface area contributed by atoms with E-state index in [0.29, 0.717) is 18.9 Å². The highest BCUT2D eigenvalue weighted by atomic mass is 16.3. The van der Waals surface area contributed by atoms with Crippen molar-refractivity contribution < 1.29 is 5.11 Å². The van der Waals surface area contributed by atoms with Crippen molar-refractivity contribution in [2.45, 2.75) is 44.8 Å². The molecule has 2 N–H and O–H groups in total. The molecule has 0 aliphatic rings. The molecule has 3 aromatic carbocycles. The third-order valence-corrected chi connectivity index (χ3v) is 5.78. The standard InChI is InChI=1S/C27H33NO/c1-22(21-28-23(2)18-24-12-6-3-7-13-24)27(29,19-25-14-8-4-9-15-25)20-26-16-10-5-11-17-26/h3-17,22-23,28-29H,18-21H2,1-2H3. The van der Waals surface area contributed by atoms with Gasteiger partial charge in [-0.3, -0.25) is 0 Å². The van der Waals surface area contributed by atoms with Crippen molar-refractivity contribution in [3.63, 3.8) is 0 Å². The first kappa shape index (κ1) is 21.3. The van der Waals surface area contributed by atoms with Gasteiger partial charge in [0, 0.05) is 25.4 Å². The summed E-state index contributed by atoms with van der Waals surface area (Å²) in [6.07, 6.45) is 2.29. The highest BCUT2D eigenvalue weighted by molar-refractivity contribution is 5.22. The van der Waals surface area contributed by atoms with Gasteiger partial charge >= 0.3 is 0 Å². The van der Waals surface area contributed by atoms with Crippen molar-refractivity contribution >= 4 is 0 Å². The monoisotopic (exact) mass is 387 g/mol. The third kappa shape index (κ3) is 6.56. The van der Waals surface area contributed by atoms with E-state index >= 15 is 0 Å². The van der Waals surface area contributed by atoms with E-state index in [9.17, 15) is 5.11 Å². The molecule has 0 saturated carbocycles. The van der Waals surface area contributed by atoms with Gasteiger partial charge in [-0.05, 0) is 36.0 Å². The molecule has 2 atom stereocenters. The van der Waals surface area contributed by atoms with Crippen LogP contribution in [0.4, 0.5) is 0 Å². The van der Waals surface area contributed by atoms with Crippen molar-refractivity contribution in [3.05, 3.63) is 108 Å². The summed E-state index contributed by atoms with van der Waals surface area (Å²) >= 11 is 0. The van der Waals surface area contributed by atoms with Crippen molar-refractivity contribution in [2.75, 3.05) is 6.54 Å². The van der Waals surface area contributed by atoms with Crippen LogP contribution in [-0.2, 0) is 19.3 Å². The van der Waals surface area contributed by atoms with Gasteiger partial charge in [-0.2, -0.15) is 0 Å². The number of hydrogen-bond acceptors (Lipinski definition) is 2. The summed E-state index contributed by atoms with van der Waals surface area (Å²) in [5, 5.41) is 15.4. The van der Waals surface area contributed by atoms with E-state index in [0.717, 1.165) is 13.0 Å². The molecule has 29 heavy (non-hydrogen) atoms. The zero-order valence-corrected chi connectivity index (χ0v) is 17.6. The lowest BCUT2D eigenvalue weighted by Crippen LogP contribution is -2.47. The Bertz CT molecular complexity index is 791. The van der Waals surface area contributed by atoms with Gasteiger partial charge in [0.05, 0.1) is 5.60 Å². The van der Waals surface area contributed by atoms with Crippen LogP contribution >= 0.6 is 0 Å². The van der Waals surface area contributed by atoms with Gasteiger partial charge in [-0.15, -0.1) is 0 Å². The maximum Gasteiger partial charge on any atom is 0.0765 e. The van der Waals surface area contributed by atoms with Crippen molar-refractivity contribution in [1.29, 1.82) is 0 Å². The summed E-state index contributed by atoms with van der Waals surface area (Å²) in [6, 6.07) is 31.6. The molecule has 0 saturated heterocycles. The summed E-state index contributed by atoms with van der Waals surface area (Å²) < 4.78 is 0. The lowest BCUT2D eigenvalue weighted by atomic mass is 9.78. The van der Waals surface area contributed by atoms with Crippen molar-refractivity contribution in [1.82, 2.24) is 5.32 Å². The van der Waals surface area contributed by atoms with Crippen LogP contribution in [0.3, 0.4) is 0 Å². The molecular formula is C27H33NO.